The molecule has 2 aromatic rings. The highest BCUT2D eigenvalue weighted by atomic mass is 35.5. The average Bonchev–Trinajstić information content (AvgIpc) is 2.43. The standard InChI is InChI=1S/C15H14Cl2N2S/c1-20-15(18-10-11-5-3-2-4-6-11)19-14-8-12(16)7-13(17)9-14/h2-9H,10H2,1H3,(H,18,19). The van der Waals surface area contributed by atoms with Crippen LogP contribution >= 0.6 is 35.0 Å². The summed E-state index contributed by atoms with van der Waals surface area (Å²) in [5, 5.41) is 5.29. The molecule has 0 radical (unpaired) electrons. The van der Waals surface area contributed by atoms with Crippen LogP contribution in [0.15, 0.2) is 53.5 Å². The van der Waals surface area contributed by atoms with E-state index in [1.807, 2.05) is 24.5 Å². The third kappa shape index (κ3) is 4.75. The molecule has 2 nitrogen and oxygen atoms in total. The Balaban J connectivity index is 2.09. The Morgan fingerprint density at radius 2 is 1.75 bits per heavy atom. The van der Waals surface area contributed by atoms with Crippen molar-refractivity contribution in [2.45, 2.75) is 6.54 Å². The summed E-state index contributed by atoms with van der Waals surface area (Å²) in [6.45, 7) is 0.731. The van der Waals surface area contributed by atoms with E-state index in [0.717, 1.165) is 17.4 Å². The molecule has 0 saturated carbocycles. The topological polar surface area (TPSA) is 24.4 Å². The lowest BCUT2D eigenvalue weighted by atomic mass is 10.2. The van der Waals surface area contributed by atoms with Gasteiger partial charge in [0.05, 0.1) is 5.69 Å². The van der Waals surface area contributed by atoms with Crippen LogP contribution in [0.5, 0.6) is 0 Å². The first-order valence-corrected chi connectivity index (χ1v) is 8.02. The number of nitrogens with one attached hydrogen (secondary N) is 1. The van der Waals surface area contributed by atoms with Crippen molar-refractivity contribution in [3.8, 4) is 0 Å². The number of aliphatic imine (C=N–C) groups is 1. The van der Waals surface area contributed by atoms with Crippen LogP contribution in [0.4, 0.5) is 5.69 Å². The molecule has 0 bridgehead atoms. The molecule has 104 valence electrons. The summed E-state index contributed by atoms with van der Waals surface area (Å²) in [6, 6.07) is 15.4. The van der Waals surface area contributed by atoms with Gasteiger partial charge in [-0.2, -0.15) is 0 Å². The quantitative estimate of drug-likeness (QED) is 0.625. The van der Waals surface area contributed by atoms with Crippen molar-refractivity contribution in [2.75, 3.05) is 6.26 Å². The van der Waals surface area contributed by atoms with E-state index in [-0.39, 0.29) is 0 Å². The van der Waals surface area contributed by atoms with Gasteiger partial charge in [0.15, 0.2) is 5.17 Å². The third-order valence-electron chi connectivity index (χ3n) is 2.56. The van der Waals surface area contributed by atoms with Crippen molar-refractivity contribution < 1.29 is 0 Å². The molecule has 0 aromatic heterocycles. The van der Waals surface area contributed by atoms with Crippen LogP contribution in [0.3, 0.4) is 0 Å². The number of benzene rings is 2. The maximum atomic E-state index is 5.97. The predicted molar refractivity (Wildman–Crippen MR) is 90.4 cm³/mol. The molecular weight excluding hydrogens is 311 g/mol. The Morgan fingerprint density at radius 1 is 1.10 bits per heavy atom. The van der Waals surface area contributed by atoms with Crippen LogP contribution in [-0.2, 0) is 6.54 Å². The molecule has 0 saturated heterocycles. The first kappa shape index (κ1) is 15.2. The lowest BCUT2D eigenvalue weighted by molar-refractivity contribution is 0.928. The van der Waals surface area contributed by atoms with E-state index >= 15 is 0 Å². The molecule has 0 aliphatic heterocycles. The van der Waals surface area contributed by atoms with Crippen molar-refractivity contribution in [3.05, 3.63) is 64.1 Å². The van der Waals surface area contributed by atoms with E-state index in [4.69, 9.17) is 23.2 Å². The molecule has 0 amide bonds. The molecule has 2 aromatic carbocycles. The molecule has 0 aliphatic rings. The number of hydrogen-bond acceptors (Lipinski definition) is 2. The van der Waals surface area contributed by atoms with Crippen LogP contribution in [0.25, 0.3) is 0 Å². The highest BCUT2D eigenvalue weighted by molar-refractivity contribution is 8.13. The second-order valence-electron chi connectivity index (χ2n) is 4.09. The van der Waals surface area contributed by atoms with Crippen LogP contribution in [0.2, 0.25) is 10.0 Å². The molecule has 5 heteroatoms. The Morgan fingerprint density at radius 3 is 2.35 bits per heavy atom. The fourth-order valence-electron chi connectivity index (χ4n) is 1.65. The molecule has 0 fully saturated rings. The Labute approximate surface area is 133 Å². The summed E-state index contributed by atoms with van der Waals surface area (Å²) < 4.78 is 0. The van der Waals surface area contributed by atoms with Gasteiger partial charge in [0.25, 0.3) is 0 Å². The van der Waals surface area contributed by atoms with Gasteiger partial charge in [-0.15, -0.1) is 0 Å². The zero-order valence-corrected chi connectivity index (χ0v) is 13.3. The van der Waals surface area contributed by atoms with Crippen molar-refractivity contribution in [3.63, 3.8) is 0 Å². The third-order valence-corrected chi connectivity index (χ3v) is 3.62. The van der Waals surface area contributed by atoms with Gasteiger partial charge in [-0.1, -0.05) is 65.3 Å². The molecule has 20 heavy (non-hydrogen) atoms. The highest BCUT2D eigenvalue weighted by Crippen LogP contribution is 2.25. The van der Waals surface area contributed by atoms with E-state index in [2.05, 4.69) is 22.4 Å². The minimum atomic E-state index is 0.583. The smallest absolute Gasteiger partial charge is 0.161 e. The first-order valence-electron chi connectivity index (χ1n) is 6.04. The summed E-state index contributed by atoms with van der Waals surface area (Å²) in [4.78, 5) is 4.51. The SMILES string of the molecule is CS/C(=N\c1cc(Cl)cc(Cl)c1)NCc1ccccc1. The maximum absolute atomic E-state index is 5.97. The number of halogens is 2. The number of amidine groups is 1. The van der Waals surface area contributed by atoms with Gasteiger partial charge in [-0.05, 0) is 30.0 Å². The normalized spacial score (nSPS) is 11.4. The molecular formula is C15H14Cl2N2S. The summed E-state index contributed by atoms with van der Waals surface area (Å²) in [5.74, 6) is 0. The molecule has 0 heterocycles. The minimum Gasteiger partial charge on any atom is -0.361 e. The Bertz CT molecular complexity index is 580. The lowest BCUT2D eigenvalue weighted by Gasteiger charge is -2.08. The zero-order valence-electron chi connectivity index (χ0n) is 10.9. The summed E-state index contributed by atoms with van der Waals surface area (Å²) in [5.41, 5.74) is 1.95. The molecule has 0 unspecified atom stereocenters. The van der Waals surface area contributed by atoms with Gasteiger partial charge in [-0.25, -0.2) is 4.99 Å². The van der Waals surface area contributed by atoms with E-state index in [9.17, 15) is 0 Å². The monoisotopic (exact) mass is 324 g/mol. The second-order valence-corrected chi connectivity index (χ2v) is 5.76. The molecule has 2 rings (SSSR count). The van der Waals surface area contributed by atoms with Gasteiger partial charge in [0, 0.05) is 16.6 Å². The fourth-order valence-corrected chi connectivity index (χ4v) is 2.58. The maximum Gasteiger partial charge on any atom is 0.161 e. The molecule has 1 N–H and O–H groups in total. The molecule has 0 spiro atoms. The van der Waals surface area contributed by atoms with Gasteiger partial charge >= 0.3 is 0 Å². The van der Waals surface area contributed by atoms with Gasteiger partial charge < -0.3 is 5.32 Å². The van der Waals surface area contributed by atoms with Gasteiger partial charge in [0.1, 0.15) is 0 Å². The summed E-state index contributed by atoms with van der Waals surface area (Å²) in [6.07, 6.45) is 1.98. The molecule has 0 aliphatic carbocycles. The van der Waals surface area contributed by atoms with E-state index in [0.29, 0.717) is 10.0 Å². The average molecular weight is 325 g/mol. The zero-order chi connectivity index (χ0) is 14.4. The van der Waals surface area contributed by atoms with Crippen molar-refractivity contribution in [2.24, 2.45) is 4.99 Å². The van der Waals surface area contributed by atoms with Crippen LogP contribution in [0, 0.1) is 0 Å². The number of thioether (sulfide) groups is 1. The predicted octanol–water partition coefficient (Wildman–Crippen LogP) is 5.13. The van der Waals surface area contributed by atoms with E-state index in [1.54, 1.807) is 30.0 Å². The fraction of sp³-hybridized carbons (Fsp3) is 0.133. The number of rotatable bonds is 3. The van der Waals surface area contributed by atoms with Gasteiger partial charge in [-0.3, -0.25) is 0 Å². The number of nitrogens with zero attached hydrogens (tertiary/aromatic N) is 1. The second kappa shape index (κ2) is 7.58. The van der Waals surface area contributed by atoms with Crippen molar-refractivity contribution in [1.29, 1.82) is 0 Å². The van der Waals surface area contributed by atoms with E-state index in [1.165, 1.54) is 5.56 Å². The van der Waals surface area contributed by atoms with Crippen molar-refractivity contribution >= 4 is 45.8 Å². The van der Waals surface area contributed by atoms with Crippen LogP contribution < -0.4 is 5.32 Å². The summed E-state index contributed by atoms with van der Waals surface area (Å²) in [7, 11) is 0. The Kier molecular flexibility index (Phi) is 5.77. The largest absolute Gasteiger partial charge is 0.361 e. The first-order chi connectivity index (χ1) is 9.67. The summed E-state index contributed by atoms with van der Waals surface area (Å²) >= 11 is 13.5. The lowest BCUT2D eigenvalue weighted by Crippen LogP contribution is -2.19. The van der Waals surface area contributed by atoms with Gasteiger partial charge in [0.2, 0.25) is 0 Å². The Hall–Kier alpha value is -1.16. The van der Waals surface area contributed by atoms with Crippen LogP contribution in [-0.4, -0.2) is 11.4 Å². The molecule has 0 atom stereocenters. The van der Waals surface area contributed by atoms with Crippen LogP contribution in [0.1, 0.15) is 5.56 Å². The number of hydrogen-bond donors (Lipinski definition) is 1. The van der Waals surface area contributed by atoms with E-state index < -0.39 is 0 Å². The van der Waals surface area contributed by atoms with Crippen molar-refractivity contribution in [1.82, 2.24) is 5.32 Å². The highest BCUT2D eigenvalue weighted by Gasteiger charge is 2.01. The minimum absolute atomic E-state index is 0.583.